The van der Waals surface area contributed by atoms with E-state index >= 15 is 0 Å². The van der Waals surface area contributed by atoms with Crippen molar-refractivity contribution < 1.29 is 22.3 Å². The number of hydrogen-bond acceptors (Lipinski definition) is 4. The summed E-state index contributed by atoms with van der Waals surface area (Å²) in [5.41, 5.74) is 0.136. The summed E-state index contributed by atoms with van der Waals surface area (Å²) in [6.45, 7) is 3.59. The number of oxazole rings is 1. The van der Waals surface area contributed by atoms with Crippen LogP contribution in [0.1, 0.15) is 29.9 Å². The number of para-hydroxylation sites is 1. The molecule has 1 aromatic heterocycles. The molecule has 2 rings (SSSR count). The Morgan fingerprint density at radius 1 is 1.21 bits per heavy atom. The van der Waals surface area contributed by atoms with Gasteiger partial charge in [0.05, 0.1) is 24.4 Å². The van der Waals surface area contributed by atoms with Gasteiger partial charge in [-0.3, -0.25) is 4.90 Å². The fraction of sp³-hybridized carbons (Fsp3) is 0.471. The van der Waals surface area contributed by atoms with Crippen LogP contribution in [0.3, 0.4) is 0 Å². The Kier molecular flexibility index (Phi) is 6.25. The van der Waals surface area contributed by atoms with Gasteiger partial charge in [-0.05, 0) is 45.5 Å². The fourth-order valence-electron chi connectivity index (χ4n) is 2.29. The molecule has 1 aromatic carbocycles. The summed E-state index contributed by atoms with van der Waals surface area (Å²) >= 11 is 0. The smallest absolute Gasteiger partial charge is 0.419 e. The average Bonchev–Trinajstić information content (AvgIpc) is 2.91. The van der Waals surface area contributed by atoms with Gasteiger partial charge >= 0.3 is 6.18 Å². The molecule has 0 fully saturated rings. The molecule has 4 nitrogen and oxygen atoms in total. The van der Waals surface area contributed by atoms with Crippen molar-refractivity contribution in [3.05, 3.63) is 47.7 Å². The molecule has 0 spiro atoms. The second-order valence-corrected chi connectivity index (χ2v) is 5.65. The summed E-state index contributed by atoms with van der Waals surface area (Å²) in [5, 5.41) is 0. The van der Waals surface area contributed by atoms with Crippen molar-refractivity contribution in [1.29, 1.82) is 0 Å². The molecule has 0 unspecified atom stereocenters. The number of hydrogen-bond donors (Lipinski definition) is 0. The van der Waals surface area contributed by atoms with Crippen molar-refractivity contribution >= 4 is 0 Å². The second-order valence-electron chi connectivity index (χ2n) is 5.65. The number of halogens is 3. The molecule has 7 heteroatoms. The number of benzene rings is 1. The van der Waals surface area contributed by atoms with Crippen LogP contribution in [0.4, 0.5) is 13.2 Å². The molecule has 0 bridgehead atoms. The lowest BCUT2D eigenvalue weighted by Gasteiger charge is -2.16. The van der Waals surface area contributed by atoms with E-state index in [9.17, 15) is 13.2 Å². The van der Waals surface area contributed by atoms with Gasteiger partial charge in [0.15, 0.2) is 6.39 Å². The van der Waals surface area contributed by atoms with Crippen LogP contribution >= 0.6 is 0 Å². The molecule has 0 amide bonds. The molecule has 0 aliphatic carbocycles. The zero-order valence-electron chi connectivity index (χ0n) is 13.8. The molecule has 24 heavy (non-hydrogen) atoms. The van der Waals surface area contributed by atoms with E-state index in [1.165, 1.54) is 24.6 Å². The van der Waals surface area contributed by atoms with Crippen LogP contribution in [0.2, 0.25) is 0 Å². The topological polar surface area (TPSA) is 38.5 Å². The maximum atomic E-state index is 12.8. The SMILES string of the molecule is Cc1ncoc1CN(C)CCCCOc1ccccc1C(F)(F)F. The minimum Gasteiger partial charge on any atom is -0.493 e. The van der Waals surface area contributed by atoms with Crippen molar-refractivity contribution in [2.24, 2.45) is 0 Å². The zero-order valence-corrected chi connectivity index (χ0v) is 13.8. The third-order valence-corrected chi connectivity index (χ3v) is 3.64. The standard InChI is InChI=1S/C17H21F3N2O2/c1-13-16(24-12-21-13)11-22(2)9-5-6-10-23-15-8-4-3-7-14(15)17(18,19)20/h3-4,7-8,12H,5-6,9-11H2,1-2H3. The van der Waals surface area contributed by atoms with Gasteiger partial charge in [0.1, 0.15) is 11.5 Å². The molecule has 0 saturated heterocycles. The van der Waals surface area contributed by atoms with E-state index in [4.69, 9.17) is 9.15 Å². The summed E-state index contributed by atoms with van der Waals surface area (Å²) in [7, 11) is 1.96. The van der Waals surface area contributed by atoms with E-state index in [1.54, 1.807) is 0 Å². The van der Waals surface area contributed by atoms with Crippen molar-refractivity contribution in [1.82, 2.24) is 9.88 Å². The molecular formula is C17H21F3N2O2. The maximum Gasteiger partial charge on any atom is 0.419 e. The number of alkyl halides is 3. The van der Waals surface area contributed by atoms with Crippen LogP contribution < -0.4 is 4.74 Å². The molecule has 0 atom stereocenters. The highest BCUT2D eigenvalue weighted by atomic mass is 19.4. The Morgan fingerprint density at radius 2 is 1.96 bits per heavy atom. The van der Waals surface area contributed by atoms with Gasteiger partial charge in [0, 0.05) is 0 Å². The fourth-order valence-corrected chi connectivity index (χ4v) is 2.29. The summed E-state index contributed by atoms with van der Waals surface area (Å²) in [6, 6.07) is 5.28. The third-order valence-electron chi connectivity index (χ3n) is 3.64. The van der Waals surface area contributed by atoms with Crippen LogP contribution in [0.15, 0.2) is 35.1 Å². The first kappa shape index (κ1) is 18.3. The van der Waals surface area contributed by atoms with Gasteiger partial charge in [-0.1, -0.05) is 12.1 Å². The highest BCUT2D eigenvalue weighted by Gasteiger charge is 2.33. The predicted octanol–water partition coefficient (Wildman–Crippen LogP) is 4.29. The molecule has 0 aliphatic heterocycles. The molecule has 0 saturated carbocycles. The molecule has 0 N–H and O–H groups in total. The summed E-state index contributed by atoms with van der Waals surface area (Å²) < 4.78 is 49.1. The number of aryl methyl sites for hydroxylation is 1. The van der Waals surface area contributed by atoms with Gasteiger partial charge in [0.25, 0.3) is 0 Å². The highest BCUT2D eigenvalue weighted by Crippen LogP contribution is 2.35. The molecule has 1 heterocycles. The Labute approximate surface area is 139 Å². The molecular weight excluding hydrogens is 321 g/mol. The van der Waals surface area contributed by atoms with Gasteiger partial charge in [0.2, 0.25) is 0 Å². The molecule has 2 aromatic rings. The Hall–Kier alpha value is -2.02. The first-order chi connectivity index (χ1) is 11.4. The zero-order chi connectivity index (χ0) is 17.6. The van der Waals surface area contributed by atoms with Crippen LogP contribution in [0.5, 0.6) is 5.75 Å². The first-order valence-electron chi connectivity index (χ1n) is 7.74. The molecule has 132 valence electrons. The van der Waals surface area contributed by atoms with Crippen molar-refractivity contribution in [3.63, 3.8) is 0 Å². The number of rotatable bonds is 8. The summed E-state index contributed by atoms with van der Waals surface area (Å²) in [4.78, 5) is 6.12. The monoisotopic (exact) mass is 342 g/mol. The number of unbranched alkanes of at least 4 members (excludes halogenated alkanes) is 1. The van der Waals surface area contributed by atoms with Gasteiger partial charge < -0.3 is 9.15 Å². The van der Waals surface area contributed by atoms with Crippen molar-refractivity contribution in [3.8, 4) is 5.75 Å². The lowest BCUT2D eigenvalue weighted by Crippen LogP contribution is -2.20. The Balaban J connectivity index is 1.71. The Bertz CT molecular complexity index is 641. The van der Waals surface area contributed by atoms with E-state index in [0.717, 1.165) is 30.5 Å². The molecule has 0 radical (unpaired) electrons. The van der Waals surface area contributed by atoms with Gasteiger partial charge in [-0.15, -0.1) is 0 Å². The molecule has 0 aliphatic rings. The maximum absolute atomic E-state index is 12.8. The van der Waals surface area contributed by atoms with E-state index in [0.29, 0.717) is 13.0 Å². The van der Waals surface area contributed by atoms with E-state index in [2.05, 4.69) is 9.88 Å². The van der Waals surface area contributed by atoms with Crippen LogP contribution in [0.25, 0.3) is 0 Å². The largest absolute Gasteiger partial charge is 0.493 e. The second kappa shape index (κ2) is 8.19. The predicted molar refractivity (Wildman–Crippen MR) is 83.7 cm³/mol. The van der Waals surface area contributed by atoms with Gasteiger partial charge in [-0.2, -0.15) is 13.2 Å². The number of aromatic nitrogens is 1. The lowest BCUT2D eigenvalue weighted by molar-refractivity contribution is -0.138. The minimum absolute atomic E-state index is 0.115. The number of nitrogens with zero attached hydrogens (tertiary/aromatic N) is 2. The van der Waals surface area contributed by atoms with Crippen LogP contribution in [0, 0.1) is 6.92 Å². The van der Waals surface area contributed by atoms with Crippen molar-refractivity contribution in [2.75, 3.05) is 20.2 Å². The van der Waals surface area contributed by atoms with E-state index < -0.39 is 11.7 Å². The van der Waals surface area contributed by atoms with Crippen LogP contribution in [-0.2, 0) is 12.7 Å². The summed E-state index contributed by atoms with van der Waals surface area (Å²) in [5.74, 6) is 0.712. The third kappa shape index (κ3) is 5.26. The highest BCUT2D eigenvalue weighted by molar-refractivity contribution is 5.35. The quantitative estimate of drug-likeness (QED) is 0.671. The lowest BCUT2D eigenvalue weighted by atomic mass is 10.2. The van der Waals surface area contributed by atoms with Crippen molar-refractivity contribution in [2.45, 2.75) is 32.5 Å². The van der Waals surface area contributed by atoms with E-state index in [-0.39, 0.29) is 12.4 Å². The number of ether oxygens (including phenoxy) is 1. The van der Waals surface area contributed by atoms with E-state index in [1.807, 2.05) is 14.0 Å². The normalized spacial score (nSPS) is 11.9. The average molecular weight is 342 g/mol. The van der Waals surface area contributed by atoms with Crippen LogP contribution in [-0.4, -0.2) is 30.1 Å². The summed E-state index contributed by atoms with van der Waals surface area (Å²) in [6.07, 6.45) is -1.49. The minimum atomic E-state index is -4.40. The van der Waals surface area contributed by atoms with Gasteiger partial charge in [-0.25, -0.2) is 4.98 Å². The first-order valence-corrected chi connectivity index (χ1v) is 7.74. The Morgan fingerprint density at radius 3 is 2.62 bits per heavy atom.